The summed E-state index contributed by atoms with van der Waals surface area (Å²) in [6.45, 7) is 5.92. The van der Waals surface area contributed by atoms with Crippen LogP contribution in [0.5, 0.6) is 23.0 Å². The predicted molar refractivity (Wildman–Crippen MR) is 148 cm³/mol. The number of cyclic esters (lactones) is 1. The lowest BCUT2D eigenvalue weighted by Crippen LogP contribution is -2.69. The number of methoxy groups -OCH3 is 1. The molecule has 5 aliphatic rings. The fourth-order valence-electron chi connectivity index (χ4n) is 7.85. The number of ketones is 1. The van der Waals surface area contributed by atoms with Crippen molar-refractivity contribution in [1.29, 1.82) is 5.26 Å². The maximum Gasteiger partial charge on any atom is 0.375 e. The Morgan fingerprint density at radius 1 is 1.10 bits per heavy atom. The van der Waals surface area contributed by atoms with Gasteiger partial charge < -0.3 is 24.1 Å². The van der Waals surface area contributed by atoms with Crippen molar-refractivity contribution in [3.63, 3.8) is 0 Å². The standard InChI is InChI=1S/C30H31N3O7S/c1-12-6-15-7-16-17(8-31)33-18-9-38-30(36)19(34)10-41-29(20-13(2)14(3)27-28(22(18)20)40-11-39-27)24(33)23(32(16)4)21(15)25(35)26(12)37-5/h6,16-18,23-24,29,35H,7,9-11H2,1-5H3/t16-,17+,18+,23+,24?,29-/m1/s1. The Morgan fingerprint density at radius 3 is 2.59 bits per heavy atom. The second-order valence-corrected chi connectivity index (χ2v) is 12.6. The van der Waals surface area contributed by atoms with Crippen molar-refractivity contribution in [3.8, 4) is 29.1 Å². The molecule has 2 saturated heterocycles. The molecule has 2 aromatic carbocycles. The summed E-state index contributed by atoms with van der Waals surface area (Å²) >= 11 is 1.38. The van der Waals surface area contributed by atoms with Gasteiger partial charge in [0.25, 0.3) is 0 Å². The molecule has 41 heavy (non-hydrogen) atoms. The molecular formula is C30H31N3O7S. The normalized spacial score (nSPS) is 30.1. The number of carbonyl (C=O) groups excluding carboxylic acids is 2. The zero-order valence-electron chi connectivity index (χ0n) is 23.5. The highest BCUT2D eigenvalue weighted by Crippen LogP contribution is 2.62. The first-order chi connectivity index (χ1) is 19.7. The van der Waals surface area contributed by atoms with Gasteiger partial charge in [0.15, 0.2) is 23.0 Å². The Morgan fingerprint density at radius 2 is 1.85 bits per heavy atom. The van der Waals surface area contributed by atoms with E-state index in [1.807, 2.05) is 27.8 Å². The number of nitrogens with zero attached hydrogens (tertiary/aromatic N) is 3. The topological polar surface area (TPSA) is 122 Å². The van der Waals surface area contributed by atoms with E-state index < -0.39 is 23.8 Å². The lowest BCUT2D eigenvalue weighted by Gasteiger charge is -2.61. The van der Waals surface area contributed by atoms with Crippen LogP contribution in [0.1, 0.15) is 56.3 Å². The van der Waals surface area contributed by atoms with Crippen LogP contribution in [0, 0.1) is 32.1 Å². The van der Waals surface area contributed by atoms with E-state index >= 15 is 0 Å². The van der Waals surface area contributed by atoms with E-state index in [-0.39, 0.29) is 48.3 Å². The largest absolute Gasteiger partial charge is 0.504 e. The quantitative estimate of drug-likeness (QED) is 0.397. The summed E-state index contributed by atoms with van der Waals surface area (Å²) in [5.41, 5.74) is 6.45. The molecule has 214 valence electrons. The molecule has 0 radical (unpaired) electrons. The Hall–Kier alpha value is -3.46. The van der Waals surface area contributed by atoms with Gasteiger partial charge in [-0.05, 0) is 62.1 Å². The van der Waals surface area contributed by atoms with E-state index in [0.717, 1.165) is 38.9 Å². The molecule has 10 nitrogen and oxygen atoms in total. The average molecular weight is 578 g/mol. The van der Waals surface area contributed by atoms with Gasteiger partial charge in [0.05, 0.1) is 31.0 Å². The molecule has 0 aromatic heterocycles. The molecule has 11 heteroatoms. The van der Waals surface area contributed by atoms with E-state index in [0.29, 0.717) is 23.7 Å². The average Bonchev–Trinajstić information content (AvgIpc) is 3.44. The van der Waals surface area contributed by atoms with Crippen LogP contribution < -0.4 is 14.2 Å². The number of carbonyl (C=O) groups is 2. The third-order valence-corrected chi connectivity index (χ3v) is 11.0. The Labute approximate surface area is 242 Å². The lowest BCUT2D eigenvalue weighted by atomic mass is 9.71. The van der Waals surface area contributed by atoms with Crippen molar-refractivity contribution in [2.24, 2.45) is 0 Å². The van der Waals surface area contributed by atoms with Crippen LogP contribution in [0.4, 0.5) is 0 Å². The number of benzene rings is 2. The molecule has 0 amide bonds. The molecule has 2 fully saturated rings. The van der Waals surface area contributed by atoms with Gasteiger partial charge in [0, 0.05) is 28.5 Å². The van der Waals surface area contributed by atoms with Crippen LogP contribution in [0.3, 0.4) is 0 Å². The summed E-state index contributed by atoms with van der Waals surface area (Å²) in [6.07, 6.45) is 0.558. The highest BCUT2D eigenvalue weighted by Gasteiger charge is 2.60. The van der Waals surface area contributed by atoms with Crippen LogP contribution in [-0.2, 0) is 20.7 Å². The Kier molecular flexibility index (Phi) is 5.98. The smallest absolute Gasteiger partial charge is 0.375 e. The zero-order valence-corrected chi connectivity index (χ0v) is 24.3. The molecule has 0 aliphatic carbocycles. The maximum absolute atomic E-state index is 12.8. The molecule has 6 atom stereocenters. The van der Waals surface area contributed by atoms with Crippen molar-refractivity contribution in [2.75, 3.05) is 33.3 Å². The molecule has 1 unspecified atom stereocenters. The van der Waals surface area contributed by atoms with E-state index in [9.17, 15) is 20.0 Å². The number of Topliss-reactive ketones (excluding diaryl/α,β-unsaturated/α-hetero) is 1. The van der Waals surface area contributed by atoms with Gasteiger partial charge in [-0.3, -0.25) is 14.6 Å². The molecular weight excluding hydrogens is 546 g/mol. The van der Waals surface area contributed by atoms with Crippen LogP contribution in [0.2, 0.25) is 0 Å². The van der Waals surface area contributed by atoms with Gasteiger partial charge in [-0.1, -0.05) is 6.07 Å². The number of ether oxygens (including phenoxy) is 4. The summed E-state index contributed by atoms with van der Waals surface area (Å²) in [6, 6.07) is 2.67. The first-order valence-corrected chi connectivity index (χ1v) is 14.8. The van der Waals surface area contributed by atoms with Crippen LogP contribution in [-0.4, -0.2) is 78.1 Å². The monoisotopic (exact) mass is 577 g/mol. The van der Waals surface area contributed by atoms with E-state index in [2.05, 4.69) is 21.9 Å². The van der Waals surface area contributed by atoms with Gasteiger partial charge in [-0.15, -0.1) is 11.8 Å². The molecule has 0 saturated carbocycles. The minimum absolute atomic E-state index is 0.0714. The number of phenolic OH excluding ortho intramolecular Hbond substituents is 1. The third kappa shape index (κ3) is 3.44. The number of likely N-dealkylation sites (N-methyl/N-ethyl adjacent to an activating group) is 1. The number of fused-ring (bicyclic) bond motifs is 9. The fraction of sp³-hybridized carbons (Fsp3) is 0.500. The number of hydrogen-bond donors (Lipinski definition) is 1. The first-order valence-electron chi connectivity index (χ1n) is 13.7. The summed E-state index contributed by atoms with van der Waals surface area (Å²) in [5, 5.41) is 22.1. The van der Waals surface area contributed by atoms with Crippen molar-refractivity contribution >= 4 is 23.5 Å². The Bertz CT molecular complexity index is 1570. The number of nitriles is 1. The van der Waals surface area contributed by atoms with Gasteiger partial charge in [0.1, 0.15) is 12.6 Å². The number of esters is 1. The summed E-state index contributed by atoms with van der Waals surface area (Å²) in [7, 11) is 3.56. The SMILES string of the molecule is COc1c(C)cc2c(c1O)[C@H]1C3[C@@H]4SCC(=O)C(=O)OC[C@@H](c5c6c(c(C)c(C)c54)OCO6)N3[C@@H](C#N)[C@@H](C2)N1C. The van der Waals surface area contributed by atoms with Gasteiger partial charge >= 0.3 is 5.97 Å². The minimum atomic E-state index is -0.869. The highest BCUT2D eigenvalue weighted by molar-refractivity contribution is 8.00. The molecule has 5 aliphatic heterocycles. The van der Waals surface area contributed by atoms with Gasteiger partial charge in [0.2, 0.25) is 12.6 Å². The second kappa shape index (κ2) is 9.28. The van der Waals surface area contributed by atoms with E-state index in [4.69, 9.17) is 18.9 Å². The van der Waals surface area contributed by atoms with Gasteiger partial charge in [-0.2, -0.15) is 5.26 Å². The summed E-state index contributed by atoms with van der Waals surface area (Å²) in [5.74, 6) is 0.286. The van der Waals surface area contributed by atoms with E-state index in [1.54, 1.807) is 7.11 Å². The third-order valence-electron chi connectivity index (χ3n) is 9.68. The lowest BCUT2D eigenvalue weighted by molar-refractivity contribution is -0.157. The number of hydrogen-bond acceptors (Lipinski definition) is 11. The number of aryl methyl sites for hydroxylation is 1. The van der Waals surface area contributed by atoms with Gasteiger partial charge in [-0.25, -0.2) is 4.79 Å². The van der Waals surface area contributed by atoms with Crippen molar-refractivity contribution in [1.82, 2.24) is 9.80 Å². The summed E-state index contributed by atoms with van der Waals surface area (Å²) in [4.78, 5) is 29.9. The minimum Gasteiger partial charge on any atom is -0.504 e. The molecule has 1 N–H and O–H groups in total. The molecule has 4 bridgehead atoms. The number of rotatable bonds is 1. The number of thioether (sulfide) groups is 1. The van der Waals surface area contributed by atoms with Crippen molar-refractivity contribution in [2.45, 2.75) is 62.7 Å². The molecule has 5 heterocycles. The molecule has 7 rings (SSSR count). The second-order valence-electron chi connectivity index (χ2n) is 11.5. The Balaban J connectivity index is 1.55. The number of piperazine rings is 1. The van der Waals surface area contributed by atoms with E-state index in [1.165, 1.54) is 11.8 Å². The first kappa shape index (κ1) is 26.4. The predicted octanol–water partition coefficient (Wildman–Crippen LogP) is 3.18. The van der Waals surface area contributed by atoms with Crippen molar-refractivity contribution < 1.29 is 33.6 Å². The van der Waals surface area contributed by atoms with Crippen LogP contribution in [0.25, 0.3) is 0 Å². The highest BCUT2D eigenvalue weighted by atomic mass is 32.2. The number of aromatic hydroxyl groups is 1. The molecule has 2 aromatic rings. The molecule has 0 spiro atoms. The zero-order chi connectivity index (χ0) is 28.9. The van der Waals surface area contributed by atoms with Crippen LogP contribution >= 0.6 is 11.8 Å². The van der Waals surface area contributed by atoms with Crippen molar-refractivity contribution in [3.05, 3.63) is 45.0 Å². The summed E-state index contributed by atoms with van der Waals surface area (Å²) < 4.78 is 23.3. The maximum atomic E-state index is 12.8. The fourth-order valence-corrected chi connectivity index (χ4v) is 9.26. The van der Waals surface area contributed by atoms with Crippen LogP contribution in [0.15, 0.2) is 6.07 Å². The number of phenols is 1.